The van der Waals surface area contributed by atoms with Crippen molar-refractivity contribution in [3.63, 3.8) is 0 Å². The zero-order valence-corrected chi connectivity index (χ0v) is 15.0. The minimum atomic E-state index is -0.701. The number of hydrogen-bond donors (Lipinski definition) is 2. The molecule has 1 aromatic carbocycles. The smallest absolute Gasteiger partial charge is 0.210 e. The first-order valence-corrected chi connectivity index (χ1v) is 8.67. The summed E-state index contributed by atoms with van der Waals surface area (Å²) in [7, 11) is 0. The maximum absolute atomic E-state index is 13.9. The summed E-state index contributed by atoms with van der Waals surface area (Å²) in [6, 6.07) is 2.04. The highest BCUT2D eigenvalue weighted by molar-refractivity contribution is 5.79. The van der Waals surface area contributed by atoms with Crippen LogP contribution in [0.15, 0.2) is 30.7 Å². The fourth-order valence-corrected chi connectivity index (χ4v) is 3.04. The molecule has 0 atom stereocenters. The third-order valence-corrected chi connectivity index (χ3v) is 4.55. The molecule has 2 N–H and O–H groups in total. The summed E-state index contributed by atoms with van der Waals surface area (Å²) in [4.78, 5) is 13.2. The summed E-state index contributed by atoms with van der Waals surface area (Å²) in [5, 5.41) is 3.29. The number of anilines is 1. The lowest BCUT2D eigenvalue weighted by molar-refractivity contribution is 0.306. The van der Waals surface area contributed by atoms with Crippen LogP contribution in [0, 0.1) is 18.6 Å². The lowest BCUT2D eigenvalue weighted by atomic mass is 10.0. The fourth-order valence-electron chi connectivity index (χ4n) is 3.04. The second-order valence-corrected chi connectivity index (χ2v) is 6.33. The van der Waals surface area contributed by atoms with E-state index >= 15 is 0 Å². The number of pyridine rings is 1. The molecule has 3 heterocycles. The summed E-state index contributed by atoms with van der Waals surface area (Å²) in [5.41, 5.74) is 3.46. The highest BCUT2D eigenvalue weighted by atomic mass is 19.1. The van der Waals surface area contributed by atoms with Gasteiger partial charge in [-0.15, -0.1) is 0 Å². The van der Waals surface area contributed by atoms with E-state index in [1.54, 1.807) is 17.3 Å². The molecule has 0 aliphatic carbocycles. The third-order valence-electron chi connectivity index (χ3n) is 4.55. The Bertz CT molecular complexity index is 1030. The molecule has 0 saturated heterocycles. The molecule has 4 rings (SSSR count). The maximum atomic E-state index is 13.9. The number of fused-ring (bicyclic) bond motifs is 1. The predicted molar refractivity (Wildman–Crippen MR) is 98.8 cm³/mol. The van der Waals surface area contributed by atoms with Gasteiger partial charge in [0.2, 0.25) is 5.95 Å². The first-order chi connectivity index (χ1) is 13.1. The average Bonchev–Trinajstić information content (AvgIpc) is 3.28. The Morgan fingerprint density at radius 2 is 2.15 bits per heavy atom. The van der Waals surface area contributed by atoms with E-state index in [1.807, 2.05) is 13.1 Å². The van der Waals surface area contributed by atoms with Crippen LogP contribution in [-0.4, -0.2) is 28.2 Å². The van der Waals surface area contributed by atoms with Gasteiger partial charge in [0.25, 0.3) is 0 Å². The number of aromatic amines is 1. The Morgan fingerprint density at radius 3 is 2.96 bits per heavy atom. The van der Waals surface area contributed by atoms with Crippen LogP contribution in [0.1, 0.15) is 23.6 Å². The van der Waals surface area contributed by atoms with Gasteiger partial charge in [-0.05, 0) is 30.7 Å². The van der Waals surface area contributed by atoms with Gasteiger partial charge in [0, 0.05) is 30.6 Å². The molecule has 0 amide bonds. The minimum Gasteiger partial charge on any atom is -0.470 e. The molecule has 3 aromatic rings. The zero-order chi connectivity index (χ0) is 19.0. The molecule has 0 bridgehead atoms. The van der Waals surface area contributed by atoms with Gasteiger partial charge in [0.05, 0.1) is 11.7 Å². The van der Waals surface area contributed by atoms with E-state index in [0.29, 0.717) is 17.2 Å². The van der Waals surface area contributed by atoms with Crippen molar-refractivity contribution in [1.29, 1.82) is 0 Å². The summed E-state index contributed by atoms with van der Waals surface area (Å²) in [5.74, 6) is -0.305. The number of ether oxygens (including phenoxy) is 1. The van der Waals surface area contributed by atoms with Gasteiger partial charge in [-0.25, -0.2) is 13.8 Å². The number of H-pyrrole nitrogens is 1. The van der Waals surface area contributed by atoms with Crippen molar-refractivity contribution >= 4 is 22.7 Å². The maximum Gasteiger partial charge on any atom is 0.210 e. The zero-order valence-electron chi connectivity index (χ0n) is 15.0. The van der Waals surface area contributed by atoms with Gasteiger partial charge in [0.1, 0.15) is 17.1 Å². The third kappa shape index (κ3) is 3.23. The molecule has 1 aliphatic heterocycles. The van der Waals surface area contributed by atoms with Crippen LogP contribution in [0.4, 0.5) is 14.7 Å². The van der Waals surface area contributed by atoms with Crippen LogP contribution in [0.3, 0.4) is 0 Å². The van der Waals surface area contributed by atoms with E-state index in [1.165, 1.54) is 6.07 Å². The van der Waals surface area contributed by atoms with Crippen molar-refractivity contribution < 1.29 is 13.5 Å². The van der Waals surface area contributed by atoms with Gasteiger partial charge in [-0.2, -0.15) is 0 Å². The Kier molecular flexibility index (Phi) is 4.49. The molecule has 1 aliphatic rings. The van der Waals surface area contributed by atoms with Crippen LogP contribution in [0.2, 0.25) is 0 Å². The molecule has 0 radical (unpaired) electrons. The molecule has 2 aromatic heterocycles. The molecule has 0 saturated carbocycles. The van der Waals surface area contributed by atoms with Crippen LogP contribution >= 0.6 is 0 Å². The van der Waals surface area contributed by atoms with Crippen LogP contribution in [0.25, 0.3) is 16.8 Å². The number of imidazole rings is 1. The molecule has 0 spiro atoms. The molecule has 0 fully saturated rings. The Hall–Kier alpha value is -3.00. The standard InChI is InChI=1S/C19H19F2N5O/c1-3-22-6-12-7-23-8-14(11(12)2)17-9-26(10-27-17)19-24-16-5-13(20)4-15(21)18(16)25-19/h4-5,7-9,22H,3,6,10H2,1-2H3,(H,24,25). The van der Waals surface area contributed by atoms with Gasteiger partial charge in [0.15, 0.2) is 12.5 Å². The predicted octanol–water partition coefficient (Wildman–Crippen LogP) is 3.45. The molecule has 140 valence electrons. The monoisotopic (exact) mass is 371 g/mol. The van der Waals surface area contributed by atoms with Crippen LogP contribution < -0.4 is 10.2 Å². The second kappa shape index (κ2) is 6.96. The van der Waals surface area contributed by atoms with E-state index < -0.39 is 11.6 Å². The van der Waals surface area contributed by atoms with Gasteiger partial charge in [-0.3, -0.25) is 9.88 Å². The molecular formula is C19H19F2N5O. The lowest BCUT2D eigenvalue weighted by Crippen LogP contribution is -2.14. The SMILES string of the molecule is CCNCc1cncc(C2=CN(c3nc4c(F)cc(F)cc4[nH]3)CO2)c1C. The van der Waals surface area contributed by atoms with Crippen molar-refractivity contribution in [2.75, 3.05) is 18.2 Å². The summed E-state index contributed by atoms with van der Waals surface area (Å²) >= 11 is 0. The summed E-state index contributed by atoms with van der Waals surface area (Å²) < 4.78 is 33.1. The largest absolute Gasteiger partial charge is 0.470 e. The highest BCUT2D eigenvalue weighted by Crippen LogP contribution is 2.29. The minimum absolute atomic E-state index is 0.0961. The van der Waals surface area contributed by atoms with Gasteiger partial charge < -0.3 is 15.0 Å². The average molecular weight is 371 g/mol. The number of rotatable bonds is 5. The first-order valence-electron chi connectivity index (χ1n) is 8.67. The van der Waals surface area contributed by atoms with Crippen molar-refractivity contribution in [2.45, 2.75) is 20.4 Å². The Balaban J connectivity index is 1.65. The van der Waals surface area contributed by atoms with E-state index in [4.69, 9.17) is 4.74 Å². The fraction of sp³-hybridized carbons (Fsp3) is 0.263. The van der Waals surface area contributed by atoms with E-state index in [9.17, 15) is 8.78 Å². The Labute approximate surface area is 154 Å². The van der Waals surface area contributed by atoms with Gasteiger partial charge in [-0.1, -0.05) is 6.92 Å². The Morgan fingerprint density at radius 1 is 1.30 bits per heavy atom. The molecule has 0 unspecified atom stereocenters. The number of aromatic nitrogens is 3. The van der Waals surface area contributed by atoms with Crippen LogP contribution in [0.5, 0.6) is 0 Å². The topological polar surface area (TPSA) is 66.1 Å². The van der Waals surface area contributed by atoms with Crippen molar-refractivity contribution in [3.05, 3.63) is 59.1 Å². The molecule has 6 nitrogen and oxygen atoms in total. The summed E-state index contributed by atoms with van der Waals surface area (Å²) in [6.07, 6.45) is 5.38. The van der Waals surface area contributed by atoms with Crippen LogP contribution in [-0.2, 0) is 11.3 Å². The number of benzene rings is 1. The molecule has 27 heavy (non-hydrogen) atoms. The number of halogens is 2. The normalized spacial score (nSPS) is 13.9. The quantitative estimate of drug-likeness (QED) is 0.719. The second-order valence-electron chi connectivity index (χ2n) is 6.33. The van der Waals surface area contributed by atoms with E-state index in [2.05, 4.69) is 27.2 Å². The highest BCUT2D eigenvalue weighted by Gasteiger charge is 2.22. The number of hydrogen-bond acceptors (Lipinski definition) is 5. The first kappa shape index (κ1) is 17.4. The number of nitrogens with one attached hydrogen (secondary N) is 2. The van der Waals surface area contributed by atoms with Crippen molar-refractivity contribution in [3.8, 4) is 0 Å². The van der Waals surface area contributed by atoms with E-state index in [-0.39, 0.29) is 12.2 Å². The number of nitrogens with zero attached hydrogens (tertiary/aromatic N) is 3. The summed E-state index contributed by atoms with van der Waals surface area (Å²) in [6.45, 7) is 5.90. The van der Waals surface area contributed by atoms with Crippen molar-refractivity contribution in [2.24, 2.45) is 0 Å². The van der Waals surface area contributed by atoms with Gasteiger partial charge >= 0.3 is 0 Å². The molecule has 8 heteroatoms. The van der Waals surface area contributed by atoms with E-state index in [0.717, 1.165) is 35.8 Å². The van der Waals surface area contributed by atoms with Crippen molar-refractivity contribution in [1.82, 2.24) is 20.3 Å². The lowest BCUT2D eigenvalue weighted by Gasteiger charge is -2.11. The molecular weight excluding hydrogens is 352 g/mol.